The number of carbonyl (C=O) groups is 4. The van der Waals surface area contributed by atoms with Gasteiger partial charge in [0.05, 0.1) is 11.3 Å². The zero-order chi connectivity index (χ0) is 18.9. The third-order valence-corrected chi connectivity index (χ3v) is 3.93. The molecule has 0 saturated heterocycles. The van der Waals surface area contributed by atoms with Crippen molar-refractivity contribution in [2.75, 3.05) is 26.5 Å². The van der Waals surface area contributed by atoms with Crippen LogP contribution >= 0.6 is 0 Å². The summed E-state index contributed by atoms with van der Waals surface area (Å²) >= 11 is 0. The predicted molar refractivity (Wildman–Crippen MR) is 88.9 cm³/mol. The number of aromatic hydroxyl groups is 1. The van der Waals surface area contributed by atoms with Gasteiger partial charge in [0.15, 0.2) is 5.75 Å². The van der Waals surface area contributed by atoms with Crippen LogP contribution in [-0.2, 0) is 14.4 Å². The molecule has 1 saturated carbocycles. The molecule has 2 unspecified atom stereocenters. The highest BCUT2D eigenvalue weighted by Gasteiger charge is 2.50. The molecular formula is C16H20N4O5. The number of para-hydroxylation sites is 1. The number of benzene rings is 1. The third-order valence-electron chi connectivity index (χ3n) is 3.93. The van der Waals surface area contributed by atoms with Crippen molar-refractivity contribution in [2.24, 2.45) is 0 Å². The van der Waals surface area contributed by atoms with Gasteiger partial charge in [-0.2, -0.15) is 0 Å². The summed E-state index contributed by atoms with van der Waals surface area (Å²) in [6.07, 6.45) is 0. The number of anilines is 1. The van der Waals surface area contributed by atoms with E-state index in [0.29, 0.717) is 0 Å². The number of phenolic OH excluding ortho intramolecular Hbond substituents is 1. The molecule has 25 heavy (non-hydrogen) atoms. The SMILES string of the molecule is CC(=O)N(C)NC1C(=O)C(=O)C1Nc1cccc(C(=O)N(C)C)c1O. The summed E-state index contributed by atoms with van der Waals surface area (Å²) in [5.74, 6) is -2.37. The van der Waals surface area contributed by atoms with Crippen molar-refractivity contribution in [1.29, 1.82) is 0 Å². The molecule has 134 valence electrons. The van der Waals surface area contributed by atoms with E-state index in [1.54, 1.807) is 20.2 Å². The minimum Gasteiger partial charge on any atom is -0.505 e. The van der Waals surface area contributed by atoms with E-state index in [-0.39, 0.29) is 22.9 Å². The molecule has 1 aliphatic rings. The number of nitrogens with one attached hydrogen (secondary N) is 2. The van der Waals surface area contributed by atoms with E-state index < -0.39 is 29.6 Å². The second kappa shape index (κ2) is 6.89. The second-order valence-electron chi connectivity index (χ2n) is 5.94. The van der Waals surface area contributed by atoms with Crippen LogP contribution in [0.5, 0.6) is 5.75 Å². The van der Waals surface area contributed by atoms with Gasteiger partial charge in [-0.25, -0.2) is 5.43 Å². The van der Waals surface area contributed by atoms with Crippen molar-refractivity contribution in [3.63, 3.8) is 0 Å². The van der Waals surface area contributed by atoms with Crippen LogP contribution < -0.4 is 10.7 Å². The minimum absolute atomic E-state index is 0.0680. The maximum Gasteiger partial charge on any atom is 0.257 e. The van der Waals surface area contributed by atoms with E-state index in [9.17, 15) is 24.3 Å². The number of carbonyl (C=O) groups excluding carboxylic acids is 4. The third kappa shape index (κ3) is 3.45. The van der Waals surface area contributed by atoms with Crippen LogP contribution in [0.2, 0.25) is 0 Å². The number of hydrazine groups is 1. The Labute approximate surface area is 144 Å². The van der Waals surface area contributed by atoms with Crippen molar-refractivity contribution >= 4 is 29.1 Å². The van der Waals surface area contributed by atoms with Gasteiger partial charge < -0.3 is 15.3 Å². The van der Waals surface area contributed by atoms with Crippen molar-refractivity contribution in [3.8, 4) is 5.75 Å². The summed E-state index contributed by atoms with van der Waals surface area (Å²) in [7, 11) is 4.53. The predicted octanol–water partition coefficient (Wildman–Crippen LogP) is -0.622. The summed E-state index contributed by atoms with van der Waals surface area (Å²) in [4.78, 5) is 48.2. The Morgan fingerprint density at radius 2 is 1.68 bits per heavy atom. The summed E-state index contributed by atoms with van der Waals surface area (Å²) in [6, 6.07) is 2.60. The van der Waals surface area contributed by atoms with Gasteiger partial charge in [0.1, 0.15) is 12.1 Å². The van der Waals surface area contributed by atoms with Gasteiger partial charge in [-0.15, -0.1) is 0 Å². The van der Waals surface area contributed by atoms with Crippen LogP contribution in [0.25, 0.3) is 0 Å². The van der Waals surface area contributed by atoms with Crippen molar-refractivity contribution in [2.45, 2.75) is 19.0 Å². The van der Waals surface area contributed by atoms with Gasteiger partial charge in [0.2, 0.25) is 17.5 Å². The molecule has 9 heteroatoms. The fraction of sp³-hybridized carbons (Fsp3) is 0.375. The number of nitrogens with zero attached hydrogens (tertiary/aromatic N) is 2. The molecule has 1 aromatic rings. The number of rotatable bonds is 5. The number of ketones is 2. The topological polar surface area (TPSA) is 119 Å². The lowest BCUT2D eigenvalue weighted by Gasteiger charge is -2.37. The summed E-state index contributed by atoms with van der Waals surface area (Å²) < 4.78 is 0. The molecular weight excluding hydrogens is 328 g/mol. The van der Waals surface area contributed by atoms with E-state index in [4.69, 9.17) is 0 Å². The summed E-state index contributed by atoms with van der Waals surface area (Å²) in [5.41, 5.74) is 2.85. The quantitative estimate of drug-likeness (QED) is 0.368. The fourth-order valence-electron chi connectivity index (χ4n) is 2.34. The second-order valence-corrected chi connectivity index (χ2v) is 5.94. The number of hydrogen-bond acceptors (Lipinski definition) is 7. The molecule has 0 aliphatic heterocycles. The molecule has 0 bridgehead atoms. The monoisotopic (exact) mass is 348 g/mol. The van der Waals surface area contributed by atoms with Gasteiger partial charge in [0.25, 0.3) is 5.91 Å². The number of amides is 2. The molecule has 0 heterocycles. The number of hydrogen-bond donors (Lipinski definition) is 3. The fourth-order valence-corrected chi connectivity index (χ4v) is 2.34. The molecule has 2 amide bonds. The summed E-state index contributed by atoms with van der Waals surface area (Å²) in [6.45, 7) is 1.31. The first kappa shape index (κ1) is 18.4. The highest BCUT2D eigenvalue weighted by Crippen LogP contribution is 2.30. The van der Waals surface area contributed by atoms with Gasteiger partial charge in [-0.1, -0.05) is 6.07 Å². The van der Waals surface area contributed by atoms with E-state index in [1.807, 2.05) is 0 Å². The van der Waals surface area contributed by atoms with Gasteiger partial charge in [0, 0.05) is 28.1 Å². The van der Waals surface area contributed by atoms with Gasteiger partial charge >= 0.3 is 0 Å². The summed E-state index contributed by atoms with van der Waals surface area (Å²) in [5, 5.41) is 14.2. The van der Waals surface area contributed by atoms with Crippen LogP contribution in [0.1, 0.15) is 17.3 Å². The van der Waals surface area contributed by atoms with Crippen molar-refractivity contribution in [1.82, 2.24) is 15.3 Å². The van der Waals surface area contributed by atoms with Crippen LogP contribution in [0, 0.1) is 0 Å². The molecule has 0 aromatic heterocycles. The Bertz CT molecular complexity index is 746. The lowest BCUT2D eigenvalue weighted by Crippen LogP contribution is -2.69. The van der Waals surface area contributed by atoms with E-state index >= 15 is 0 Å². The molecule has 9 nitrogen and oxygen atoms in total. The Morgan fingerprint density at radius 3 is 2.24 bits per heavy atom. The Hall–Kier alpha value is -2.94. The average molecular weight is 348 g/mol. The zero-order valence-electron chi connectivity index (χ0n) is 14.4. The highest BCUT2D eigenvalue weighted by molar-refractivity contribution is 6.49. The maximum absolute atomic E-state index is 12.0. The average Bonchev–Trinajstić information content (AvgIpc) is 2.57. The molecule has 2 rings (SSSR count). The van der Waals surface area contributed by atoms with Crippen molar-refractivity contribution in [3.05, 3.63) is 23.8 Å². The van der Waals surface area contributed by atoms with E-state index in [0.717, 1.165) is 5.01 Å². The molecule has 3 N–H and O–H groups in total. The molecule has 0 radical (unpaired) electrons. The molecule has 1 fully saturated rings. The maximum atomic E-state index is 12.0. The first-order chi connectivity index (χ1) is 11.6. The van der Waals surface area contributed by atoms with Crippen LogP contribution in [0.3, 0.4) is 0 Å². The molecule has 0 spiro atoms. The van der Waals surface area contributed by atoms with E-state index in [1.165, 1.54) is 31.0 Å². The number of phenols is 1. The normalized spacial score (nSPS) is 19.2. The lowest BCUT2D eigenvalue weighted by molar-refractivity contribution is -0.148. The number of Topliss-reactive ketones (excluding diaryl/α,β-unsaturated/α-hetero) is 2. The Morgan fingerprint density at radius 1 is 1.08 bits per heavy atom. The van der Waals surface area contributed by atoms with Crippen LogP contribution in [-0.4, -0.2) is 71.6 Å². The molecule has 1 aromatic carbocycles. The first-order valence-corrected chi connectivity index (χ1v) is 7.53. The molecule has 1 aliphatic carbocycles. The Balaban J connectivity index is 2.22. The van der Waals surface area contributed by atoms with Crippen molar-refractivity contribution < 1.29 is 24.3 Å². The smallest absolute Gasteiger partial charge is 0.257 e. The zero-order valence-corrected chi connectivity index (χ0v) is 14.4. The largest absolute Gasteiger partial charge is 0.505 e. The Kier molecular flexibility index (Phi) is 5.07. The molecule has 2 atom stereocenters. The van der Waals surface area contributed by atoms with Gasteiger partial charge in [-0.05, 0) is 12.1 Å². The first-order valence-electron chi connectivity index (χ1n) is 7.53. The lowest BCUT2D eigenvalue weighted by atomic mass is 9.83. The van der Waals surface area contributed by atoms with E-state index in [2.05, 4.69) is 10.7 Å². The van der Waals surface area contributed by atoms with Crippen LogP contribution in [0.15, 0.2) is 18.2 Å². The standard InChI is InChI=1S/C16H20N4O5/c1-8(21)20(4)18-12-11(14(23)15(12)24)17-10-7-5-6-9(13(10)22)16(25)19(2)3/h5-7,11-12,17-18,22H,1-4H3. The highest BCUT2D eigenvalue weighted by atomic mass is 16.3. The minimum atomic E-state index is -0.954. The van der Waals surface area contributed by atoms with Crippen LogP contribution in [0.4, 0.5) is 5.69 Å². The van der Waals surface area contributed by atoms with Gasteiger partial charge in [-0.3, -0.25) is 24.2 Å².